The number of carboxylic acid groups (broad SMARTS) is 1. The molecular weight excluding hydrogens is 270 g/mol. The van der Waals surface area contributed by atoms with Gasteiger partial charge in [0, 0.05) is 6.26 Å². The summed E-state index contributed by atoms with van der Waals surface area (Å²) in [5.74, 6) is -1.79. The van der Waals surface area contributed by atoms with Crippen LogP contribution >= 0.6 is 0 Å². The fourth-order valence-corrected chi connectivity index (χ4v) is 1.41. The van der Waals surface area contributed by atoms with Crippen LogP contribution in [-0.4, -0.2) is 41.9 Å². The number of hydrogen-bond acceptors (Lipinski definition) is 4. The number of carbonyl (C=O) groups is 2. The van der Waals surface area contributed by atoms with E-state index in [2.05, 4.69) is 5.32 Å². The zero-order valence-electron chi connectivity index (χ0n) is 12.5. The van der Waals surface area contributed by atoms with Gasteiger partial charge in [-0.25, -0.2) is 8.42 Å². The van der Waals surface area contributed by atoms with Crippen LogP contribution in [0, 0.1) is 5.41 Å². The zero-order chi connectivity index (χ0) is 15.9. The van der Waals surface area contributed by atoms with Gasteiger partial charge in [0.15, 0.2) is 9.84 Å². The molecule has 0 heterocycles. The standard InChI is InChI=1S/C12H23NO5S/c1-10(2,9(15)16)12(5,6)13-8(14)11(3,4)19(7,17)18/h1-7H3,(H,13,14)(H,15,16). The highest BCUT2D eigenvalue weighted by molar-refractivity contribution is 7.92. The molecule has 0 aliphatic carbocycles. The fraction of sp³-hybridized carbons (Fsp3) is 0.833. The Morgan fingerprint density at radius 3 is 1.63 bits per heavy atom. The van der Waals surface area contributed by atoms with Gasteiger partial charge in [-0.2, -0.15) is 0 Å². The molecule has 7 heteroatoms. The van der Waals surface area contributed by atoms with Gasteiger partial charge in [0.2, 0.25) is 5.91 Å². The molecular formula is C12H23NO5S. The average Bonchev–Trinajstić information content (AvgIpc) is 2.14. The highest BCUT2D eigenvalue weighted by atomic mass is 32.2. The highest BCUT2D eigenvalue weighted by Gasteiger charge is 2.48. The summed E-state index contributed by atoms with van der Waals surface area (Å²) in [6.07, 6.45) is 0.974. The summed E-state index contributed by atoms with van der Waals surface area (Å²) >= 11 is 0. The SMILES string of the molecule is CC(C)(NC(=O)C(C)(C)S(C)(=O)=O)C(C)(C)C(=O)O. The van der Waals surface area contributed by atoms with E-state index in [0.29, 0.717) is 0 Å². The first-order valence-corrected chi connectivity index (χ1v) is 7.72. The van der Waals surface area contributed by atoms with Gasteiger partial charge in [-0.15, -0.1) is 0 Å². The molecule has 1 amide bonds. The Morgan fingerprint density at radius 2 is 1.37 bits per heavy atom. The van der Waals surface area contributed by atoms with E-state index in [9.17, 15) is 23.1 Å². The zero-order valence-corrected chi connectivity index (χ0v) is 13.3. The van der Waals surface area contributed by atoms with Gasteiger partial charge in [-0.3, -0.25) is 9.59 Å². The quantitative estimate of drug-likeness (QED) is 0.781. The number of rotatable bonds is 5. The minimum absolute atomic E-state index is 0.714. The molecule has 112 valence electrons. The molecule has 0 aromatic carbocycles. The number of carbonyl (C=O) groups excluding carboxylic acids is 1. The Kier molecular flexibility index (Phi) is 4.49. The molecule has 2 N–H and O–H groups in total. The van der Waals surface area contributed by atoms with E-state index >= 15 is 0 Å². The second-order valence-electron chi connectivity index (χ2n) is 6.29. The number of sulfone groups is 1. The summed E-state index contributed by atoms with van der Waals surface area (Å²) in [5.41, 5.74) is -2.34. The molecule has 0 aliphatic heterocycles. The first-order valence-electron chi connectivity index (χ1n) is 5.83. The van der Waals surface area contributed by atoms with Crippen LogP contribution in [0.25, 0.3) is 0 Å². The van der Waals surface area contributed by atoms with Crippen LogP contribution in [0.3, 0.4) is 0 Å². The maximum atomic E-state index is 12.1. The van der Waals surface area contributed by atoms with Gasteiger partial charge in [-0.05, 0) is 41.5 Å². The average molecular weight is 293 g/mol. The molecule has 0 bridgehead atoms. The van der Waals surface area contributed by atoms with Crippen LogP contribution < -0.4 is 5.32 Å². The number of carboxylic acids is 1. The van der Waals surface area contributed by atoms with Gasteiger partial charge < -0.3 is 10.4 Å². The second kappa shape index (κ2) is 4.77. The molecule has 0 rings (SSSR count). The molecule has 0 aromatic rings. The first kappa shape index (κ1) is 17.9. The molecule has 0 spiro atoms. The summed E-state index contributed by atoms with van der Waals surface area (Å²) in [7, 11) is -3.60. The minimum Gasteiger partial charge on any atom is -0.481 e. The van der Waals surface area contributed by atoms with Crippen molar-refractivity contribution in [2.45, 2.75) is 51.8 Å². The molecule has 0 unspecified atom stereocenters. The molecule has 0 aliphatic rings. The van der Waals surface area contributed by atoms with Gasteiger partial charge >= 0.3 is 5.97 Å². The van der Waals surface area contributed by atoms with Crippen molar-refractivity contribution in [3.63, 3.8) is 0 Å². The lowest BCUT2D eigenvalue weighted by Gasteiger charge is -2.40. The molecule has 0 saturated heterocycles. The van der Waals surface area contributed by atoms with E-state index < -0.39 is 37.4 Å². The van der Waals surface area contributed by atoms with E-state index in [4.69, 9.17) is 0 Å². The van der Waals surface area contributed by atoms with Crippen LogP contribution in [0.15, 0.2) is 0 Å². The Balaban J connectivity index is 5.39. The molecule has 0 radical (unpaired) electrons. The van der Waals surface area contributed by atoms with Gasteiger partial charge in [-0.1, -0.05) is 0 Å². The fourth-order valence-electron chi connectivity index (χ4n) is 1.03. The van der Waals surface area contributed by atoms with E-state index in [0.717, 1.165) is 6.26 Å². The minimum atomic E-state index is -3.60. The first-order chi connectivity index (χ1) is 8.07. The van der Waals surface area contributed by atoms with Crippen LogP contribution in [0.1, 0.15) is 41.5 Å². The Labute approximate surface area is 114 Å². The normalized spacial score (nSPS) is 14.1. The third-order valence-corrected chi connectivity index (χ3v) is 6.04. The van der Waals surface area contributed by atoms with Crippen molar-refractivity contribution in [3.05, 3.63) is 0 Å². The van der Waals surface area contributed by atoms with E-state index in [1.54, 1.807) is 13.8 Å². The maximum absolute atomic E-state index is 12.1. The van der Waals surface area contributed by atoms with Gasteiger partial charge in [0.1, 0.15) is 4.75 Å². The topological polar surface area (TPSA) is 101 Å². The molecule has 0 saturated carbocycles. The van der Waals surface area contributed by atoms with Crippen molar-refractivity contribution in [1.29, 1.82) is 0 Å². The van der Waals surface area contributed by atoms with Gasteiger partial charge in [0.05, 0.1) is 11.0 Å². The van der Waals surface area contributed by atoms with Crippen LogP contribution in [0.2, 0.25) is 0 Å². The number of hydrogen-bond donors (Lipinski definition) is 2. The van der Waals surface area contributed by atoms with E-state index in [-0.39, 0.29) is 0 Å². The summed E-state index contributed by atoms with van der Waals surface area (Å²) in [4.78, 5) is 23.3. The lowest BCUT2D eigenvalue weighted by Crippen LogP contribution is -2.61. The van der Waals surface area contributed by atoms with Crippen molar-refractivity contribution < 1.29 is 23.1 Å². The molecule has 0 aromatic heterocycles. The summed E-state index contributed by atoms with van der Waals surface area (Å²) in [6.45, 7) is 8.64. The van der Waals surface area contributed by atoms with Crippen LogP contribution in [0.4, 0.5) is 0 Å². The third-order valence-electron chi connectivity index (χ3n) is 4.00. The Hall–Kier alpha value is -1.11. The lowest BCUT2D eigenvalue weighted by atomic mass is 9.74. The second-order valence-corrected chi connectivity index (χ2v) is 8.86. The summed E-state index contributed by atoms with van der Waals surface area (Å²) in [5, 5.41) is 11.7. The Bertz CT molecular complexity index is 488. The largest absolute Gasteiger partial charge is 0.481 e. The summed E-state index contributed by atoms with van der Waals surface area (Å²) in [6, 6.07) is 0. The van der Waals surface area contributed by atoms with E-state index in [1.165, 1.54) is 27.7 Å². The third kappa shape index (κ3) is 3.26. The number of amides is 1. The maximum Gasteiger partial charge on any atom is 0.311 e. The van der Waals surface area contributed by atoms with Crippen LogP contribution in [0.5, 0.6) is 0 Å². The molecule has 0 atom stereocenters. The molecule has 0 fully saturated rings. The number of aliphatic carboxylic acids is 1. The highest BCUT2D eigenvalue weighted by Crippen LogP contribution is 2.31. The van der Waals surface area contributed by atoms with Gasteiger partial charge in [0.25, 0.3) is 0 Å². The predicted octanol–water partition coefficient (Wildman–Crippen LogP) is 0.815. The van der Waals surface area contributed by atoms with Crippen molar-refractivity contribution >= 4 is 21.7 Å². The smallest absolute Gasteiger partial charge is 0.311 e. The molecule has 6 nitrogen and oxygen atoms in total. The van der Waals surface area contributed by atoms with Crippen molar-refractivity contribution in [1.82, 2.24) is 5.32 Å². The van der Waals surface area contributed by atoms with Crippen molar-refractivity contribution in [2.24, 2.45) is 5.41 Å². The molecule has 19 heavy (non-hydrogen) atoms. The van der Waals surface area contributed by atoms with Crippen LogP contribution in [-0.2, 0) is 19.4 Å². The predicted molar refractivity (Wildman–Crippen MR) is 72.6 cm³/mol. The van der Waals surface area contributed by atoms with Crippen molar-refractivity contribution in [2.75, 3.05) is 6.26 Å². The Morgan fingerprint density at radius 1 is 1.00 bits per heavy atom. The van der Waals surface area contributed by atoms with E-state index in [1.807, 2.05) is 0 Å². The summed E-state index contributed by atoms with van der Waals surface area (Å²) < 4.78 is 21.6. The number of nitrogens with one attached hydrogen (secondary N) is 1. The van der Waals surface area contributed by atoms with Crippen molar-refractivity contribution in [3.8, 4) is 0 Å². The monoisotopic (exact) mass is 293 g/mol. The lowest BCUT2D eigenvalue weighted by molar-refractivity contribution is -0.152.